The molecule has 2 fully saturated rings. The van der Waals surface area contributed by atoms with Gasteiger partial charge in [0, 0.05) is 5.56 Å². The Kier molecular flexibility index (Phi) is 10.4. The zero-order chi connectivity index (χ0) is 31.1. The maximum atomic E-state index is 15.6. The van der Waals surface area contributed by atoms with Gasteiger partial charge in [-0.3, -0.25) is 9.05 Å². The molecule has 42 heavy (non-hydrogen) atoms. The molecule has 0 bridgehead atoms. The van der Waals surface area contributed by atoms with Gasteiger partial charge < -0.3 is 55.0 Å². The average molecular weight is 664 g/mol. The molecule has 2 aromatic rings. The Hall–Kier alpha value is -1.32. The van der Waals surface area contributed by atoms with E-state index in [9.17, 15) is 34.4 Å². The molecule has 12 atom stereocenters. The lowest BCUT2D eigenvalue weighted by atomic mass is 9.96. The molecular formula is C20H31FN4O14P2S. The number of nitrogens with two attached hydrogens (primary N) is 1. The number of ether oxygens (including phenoxy) is 2. The number of aliphatic hydroxyl groups excluding tert-OH is 5. The van der Waals surface area contributed by atoms with E-state index in [4.69, 9.17) is 29.3 Å². The van der Waals surface area contributed by atoms with Crippen molar-refractivity contribution in [3.63, 3.8) is 0 Å². The quantitative estimate of drug-likeness (QED) is 0.104. The highest BCUT2D eigenvalue weighted by Crippen LogP contribution is 2.66. The molecule has 0 aliphatic carbocycles. The molecule has 0 radical (unpaired) electrons. The van der Waals surface area contributed by atoms with E-state index in [1.165, 1.54) is 17.5 Å². The normalized spacial score (nSPS) is 35.7. The van der Waals surface area contributed by atoms with Gasteiger partial charge in [0.05, 0.1) is 25.5 Å². The maximum Gasteiger partial charge on any atom is 0.482 e. The first kappa shape index (κ1) is 33.6. The van der Waals surface area contributed by atoms with Crippen LogP contribution in [0.4, 0.5) is 10.2 Å². The van der Waals surface area contributed by atoms with Crippen molar-refractivity contribution in [1.29, 1.82) is 0 Å². The number of anilines is 1. The van der Waals surface area contributed by atoms with E-state index in [-0.39, 0.29) is 22.5 Å². The summed E-state index contributed by atoms with van der Waals surface area (Å²) in [5.74, 6) is 0.0319. The Morgan fingerprint density at radius 3 is 2.52 bits per heavy atom. The second-order valence-electron chi connectivity index (χ2n) is 9.73. The number of furan rings is 1. The zero-order valence-corrected chi connectivity index (χ0v) is 24.6. The molecule has 4 heterocycles. The van der Waals surface area contributed by atoms with Crippen LogP contribution in [0.3, 0.4) is 0 Å². The number of fused-ring (bicyclic) bond motifs is 1. The Morgan fingerprint density at radius 2 is 1.88 bits per heavy atom. The highest BCUT2D eigenvalue weighted by molar-refractivity contribution is 8.45. The van der Waals surface area contributed by atoms with Crippen molar-refractivity contribution in [2.24, 2.45) is 0 Å². The summed E-state index contributed by atoms with van der Waals surface area (Å²) in [6, 6.07) is -0.988. The summed E-state index contributed by atoms with van der Waals surface area (Å²) in [6.07, 6.45) is -13.5. The van der Waals surface area contributed by atoms with Crippen molar-refractivity contribution in [2.45, 2.75) is 61.2 Å². The van der Waals surface area contributed by atoms with E-state index in [1.54, 1.807) is 14.1 Å². The number of thiol groups is 1. The van der Waals surface area contributed by atoms with Crippen molar-refractivity contribution in [3.05, 3.63) is 18.2 Å². The lowest BCUT2D eigenvalue weighted by Crippen LogP contribution is -2.61. The van der Waals surface area contributed by atoms with Gasteiger partial charge in [0.1, 0.15) is 60.7 Å². The first-order valence-corrected chi connectivity index (χ1v) is 16.4. The molecule has 0 amide bonds. The van der Waals surface area contributed by atoms with Crippen LogP contribution in [0.2, 0.25) is 0 Å². The van der Waals surface area contributed by atoms with Crippen molar-refractivity contribution in [1.82, 2.24) is 14.9 Å². The number of nitrogen functional groups attached to an aromatic ring is 1. The molecule has 7 unspecified atom stereocenters. The molecule has 2 aliphatic rings. The van der Waals surface area contributed by atoms with E-state index in [0.29, 0.717) is 0 Å². The minimum Gasteiger partial charge on any atom is -0.458 e. The van der Waals surface area contributed by atoms with Crippen LogP contribution in [-0.2, 0) is 32.0 Å². The van der Waals surface area contributed by atoms with Gasteiger partial charge in [-0.25, -0.2) is 23.5 Å². The zero-order valence-electron chi connectivity index (χ0n) is 21.9. The SMILES string of the molecule is CN(C)[C@H]1[C@@H](F)[C@H](c2coc3c(N)ncnc23)O[C@@H]1COP(=O)(S)OP(=O)(O)OC1OC([C@@H](O)CO)C(O)C(O)C1O. The van der Waals surface area contributed by atoms with E-state index in [0.717, 1.165) is 0 Å². The molecule has 0 aromatic carbocycles. The number of aliphatic hydroxyl groups is 5. The van der Waals surface area contributed by atoms with Gasteiger partial charge in [-0.15, -0.1) is 0 Å². The van der Waals surface area contributed by atoms with Crippen LogP contribution >= 0.6 is 26.9 Å². The summed E-state index contributed by atoms with van der Waals surface area (Å²) in [7, 11) is -2.37. The molecular weight excluding hydrogens is 633 g/mol. The first-order valence-electron chi connectivity index (χ1n) is 12.2. The fourth-order valence-electron chi connectivity index (χ4n) is 4.67. The molecule has 8 N–H and O–H groups in total. The van der Waals surface area contributed by atoms with Crippen LogP contribution in [-0.4, -0.2) is 128 Å². The lowest BCUT2D eigenvalue weighted by molar-refractivity contribution is -0.292. The third kappa shape index (κ3) is 6.98. The van der Waals surface area contributed by atoms with Gasteiger partial charge in [-0.05, 0) is 14.1 Å². The maximum absolute atomic E-state index is 15.6. The summed E-state index contributed by atoms with van der Waals surface area (Å²) >= 11 is 3.66. The number of rotatable bonds is 11. The number of alkyl halides is 1. The Labute approximate surface area is 242 Å². The van der Waals surface area contributed by atoms with Gasteiger partial charge >= 0.3 is 14.6 Å². The third-order valence-corrected chi connectivity index (χ3v) is 10.3. The summed E-state index contributed by atoms with van der Waals surface area (Å²) in [5.41, 5.74) is 6.35. The number of likely N-dealkylation sites (N-methyl/N-ethyl adjacent to an activating group) is 1. The Morgan fingerprint density at radius 1 is 1.19 bits per heavy atom. The van der Waals surface area contributed by atoms with Gasteiger partial charge in [0.15, 0.2) is 17.7 Å². The average Bonchev–Trinajstić information content (AvgIpc) is 3.48. The van der Waals surface area contributed by atoms with Crippen molar-refractivity contribution in [3.8, 4) is 0 Å². The summed E-state index contributed by atoms with van der Waals surface area (Å²) in [6.45, 7) is -6.39. The van der Waals surface area contributed by atoms with Crippen LogP contribution in [0.1, 0.15) is 11.7 Å². The Bertz CT molecular complexity index is 1340. The molecule has 4 rings (SSSR count). The number of phosphoric acid groups is 1. The molecule has 0 saturated carbocycles. The number of aromatic nitrogens is 2. The van der Waals surface area contributed by atoms with Crippen LogP contribution < -0.4 is 5.73 Å². The largest absolute Gasteiger partial charge is 0.482 e. The van der Waals surface area contributed by atoms with Gasteiger partial charge in [0.2, 0.25) is 0 Å². The number of halogens is 1. The molecule has 0 spiro atoms. The standard InChI is InChI=1S/C20H31FN4O14P2S/c1-25(2)12-9(36-16(10(12)21)7-4-34-18-11(7)23-6-24-19(18)22)5-35-41(33,42)39-40(31,32)38-20-15(30)13(28)14(29)17(37-20)8(27)3-26/h4,6,8-10,12-17,20,26-30H,3,5H2,1-2H3,(H,31,32)(H,33,42)(H2,22,23,24)/t8-,9+,10+,12+,13?,14?,15?,16-,17?,20?,41?/m0/s1. The van der Waals surface area contributed by atoms with Gasteiger partial charge in [-0.2, -0.15) is 4.31 Å². The van der Waals surface area contributed by atoms with E-state index >= 15 is 4.39 Å². The van der Waals surface area contributed by atoms with Gasteiger partial charge in [-0.1, -0.05) is 12.2 Å². The third-order valence-electron chi connectivity index (χ3n) is 6.65. The van der Waals surface area contributed by atoms with E-state index in [1.807, 2.05) is 0 Å². The monoisotopic (exact) mass is 664 g/mol. The fraction of sp³-hybridized carbons (Fsp3) is 0.700. The minimum atomic E-state index is -5.47. The van der Waals surface area contributed by atoms with E-state index < -0.39 is 89.1 Å². The topological polar surface area (TPSA) is 270 Å². The predicted molar refractivity (Wildman–Crippen MR) is 141 cm³/mol. The van der Waals surface area contributed by atoms with Crippen molar-refractivity contribution >= 4 is 43.8 Å². The smallest absolute Gasteiger partial charge is 0.458 e. The molecule has 2 saturated heterocycles. The summed E-state index contributed by atoms with van der Waals surface area (Å²) in [5, 5.41) is 48.9. The summed E-state index contributed by atoms with van der Waals surface area (Å²) in [4.78, 5) is 19.5. The number of hydrogen-bond donors (Lipinski definition) is 8. The second-order valence-corrected chi connectivity index (χ2v) is 14.2. The highest BCUT2D eigenvalue weighted by Gasteiger charge is 2.51. The first-order chi connectivity index (χ1) is 19.6. The Balaban J connectivity index is 1.43. The molecule has 18 nitrogen and oxygen atoms in total. The number of nitrogens with zero attached hydrogens (tertiary/aromatic N) is 3. The van der Waals surface area contributed by atoms with Crippen molar-refractivity contribution < 1.29 is 71.2 Å². The van der Waals surface area contributed by atoms with Crippen LogP contribution in [0, 0.1) is 0 Å². The van der Waals surface area contributed by atoms with Gasteiger partial charge in [0.25, 0.3) is 0 Å². The molecule has 2 aromatic heterocycles. The number of phosphoric ester groups is 1. The van der Waals surface area contributed by atoms with Crippen LogP contribution in [0.5, 0.6) is 0 Å². The molecule has 2 aliphatic heterocycles. The van der Waals surface area contributed by atoms with Crippen molar-refractivity contribution in [2.75, 3.05) is 33.0 Å². The lowest BCUT2D eigenvalue weighted by Gasteiger charge is -2.41. The summed E-state index contributed by atoms with van der Waals surface area (Å²) < 4.78 is 71.6. The minimum absolute atomic E-state index is 0.0319. The molecule has 22 heteroatoms. The predicted octanol–water partition coefficient (Wildman–Crippen LogP) is -1.14. The fourth-order valence-corrected chi connectivity index (χ4v) is 7.86. The molecule has 238 valence electrons. The van der Waals surface area contributed by atoms with Crippen LogP contribution in [0.25, 0.3) is 11.1 Å². The highest BCUT2D eigenvalue weighted by atomic mass is 32.7. The second kappa shape index (κ2) is 13.0. The number of hydrogen-bond acceptors (Lipinski definition) is 17. The van der Waals surface area contributed by atoms with Crippen LogP contribution in [0.15, 0.2) is 17.0 Å². The van der Waals surface area contributed by atoms with E-state index in [2.05, 4.69) is 31.1 Å².